The first-order valence-electron chi connectivity index (χ1n) is 8.29. The van der Waals surface area contributed by atoms with Gasteiger partial charge in [-0.05, 0) is 53.8 Å². The van der Waals surface area contributed by atoms with Crippen molar-refractivity contribution in [2.75, 3.05) is 11.0 Å². The molecule has 0 spiro atoms. The van der Waals surface area contributed by atoms with Crippen LogP contribution in [0, 0.1) is 0 Å². The van der Waals surface area contributed by atoms with E-state index >= 15 is 0 Å². The van der Waals surface area contributed by atoms with Crippen molar-refractivity contribution in [3.8, 4) is 0 Å². The fourth-order valence-corrected chi connectivity index (χ4v) is 3.15. The van der Waals surface area contributed by atoms with Gasteiger partial charge in [-0.3, -0.25) is 9.52 Å². The smallest absolute Gasteiger partial charge is 0.251 e. The van der Waals surface area contributed by atoms with Crippen LogP contribution in [0.2, 0.25) is 0 Å². The maximum atomic E-state index is 12.3. The third-order valence-electron chi connectivity index (χ3n) is 3.95. The minimum atomic E-state index is -3.32. The minimum Gasteiger partial charge on any atom is -0.348 e. The standard InChI is InChI=1S/C19H24N2O3S/c1-4-14-6-7-15(5-2)17(12-14)13-20-19(22)16-8-10-18(11-9-16)21-25(3,23)24/h6-12,21H,4-5,13H2,1-3H3,(H,20,22). The highest BCUT2D eigenvalue weighted by Crippen LogP contribution is 2.15. The number of hydrogen-bond acceptors (Lipinski definition) is 3. The molecule has 2 N–H and O–H groups in total. The molecule has 0 aliphatic rings. The summed E-state index contributed by atoms with van der Waals surface area (Å²) in [4.78, 5) is 12.3. The Kier molecular flexibility index (Phi) is 6.20. The molecule has 0 unspecified atom stereocenters. The Hall–Kier alpha value is -2.34. The summed E-state index contributed by atoms with van der Waals surface area (Å²) in [6, 6.07) is 12.7. The van der Waals surface area contributed by atoms with Crippen LogP contribution in [0.25, 0.3) is 0 Å². The molecule has 0 fully saturated rings. The molecule has 0 atom stereocenters. The molecule has 5 nitrogen and oxygen atoms in total. The van der Waals surface area contributed by atoms with Crippen molar-refractivity contribution in [3.63, 3.8) is 0 Å². The Morgan fingerprint density at radius 1 is 0.960 bits per heavy atom. The van der Waals surface area contributed by atoms with Crippen LogP contribution < -0.4 is 10.0 Å². The van der Waals surface area contributed by atoms with Crippen LogP contribution in [0.15, 0.2) is 42.5 Å². The van der Waals surface area contributed by atoms with E-state index in [2.05, 4.69) is 42.1 Å². The number of amides is 1. The van der Waals surface area contributed by atoms with E-state index in [9.17, 15) is 13.2 Å². The molecule has 0 aliphatic heterocycles. The summed E-state index contributed by atoms with van der Waals surface area (Å²) < 4.78 is 24.8. The predicted molar refractivity (Wildman–Crippen MR) is 101 cm³/mol. The lowest BCUT2D eigenvalue weighted by Crippen LogP contribution is -2.23. The molecule has 0 aliphatic carbocycles. The van der Waals surface area contributed by atoms with Gasteiger partial charge in [0.05, 0.1) is 6.26 Å². The van der Waals surface area contributed by atoms with Crippen molar-refractivity contribution in [2.45, 2.75) is 33.2 Å². The summed E-state index contributed by atoms with van der Waals surface area (Å²) in [5, 5.41) is 2.93. The van der Waals surface area contributed by atoms with E-state index < -0.39 is 10.0 Å². The van der Waals surface area contributed by atoms with Gasteiger partial charge in [0, 0.05) is 17.8 Å². The molecule has 0 saturated carbocycles. The Morgan fingerprint density at radius 2 is 1.64 bits per heavy atom. The number of sulfonamides is 1. The zero-order valence-electron chi connectivity index (χ0n) is 14.8. The van der Waals surface area contributed by atoms with Gasteiger partial charge in [0.1, 0.15) is 0 Å². The minimum absolute atomic E-state index is 0.185. The van der Waals surface area contributed by atoms with E-state index in [4.69, 9.17) is 0 Å². The number of carbonyl (C=O) groups excluding carboxylic acids is 1. The van der Waals surface area contributed by atoms with E-state index in [0.717, 1.165) is 24.7 Å². The SMILES string of the molecule is CCc1ccc(CC)c(CNC(=O)c2ccc(NS(C)(=O)=O)cc2)c1. The topological polar surface area (TPSA) is 75.3 Å². The zero-order chi connectivity index (χ0) is 18.4. The highest BCUT2D eigenvalue weighted by Gasteiger charge is 2.09. The van der Waals surface area contributed by atoms with E-state index in [1.165, 1.54) is 11.1 Å². The lowest BCUT2D eigenvalue weighted by atomic mass is 10.0. The highest BCUT2D eigenvalue weighted by atomic mass is 32.2. The lowest BCUT2D eigenvalue weighted by molar-refractivity contribution is 0.0951. The number of rotatable bonds is 7. The molecule has 0 saturated heterocycles. The number of hydrogen-bond donors (Lipinski definition) is 2. The summed E-state index contributed by atoms with van der Waals surface area (Å²) in [6.45, 7) is 4.67. The Morgan fingerprint density at radius 3 is 2.20 bits per heavy atom. The van der Waals surface area contributed by atoms with Crippen LogP contribution in [-0.4, -0.2) is 20.6 Å². The summed E-state index contributed by atoms with van der Waals surface area (Å²) in [7, 11) is -3.32. The fraction of sp³-hybridized carbons (Fsp3) is 0.316. The van der Waals surface area contributed by atoms with Gasteiger partial charge in [0.15, 0.2) is 0 Å². The maximum Gasteiger partial charge on any atom is 0.251 e. The van der Waals surface area contributed by atoms with Crippen molar-refractivity contribution < 1.29 is 13.2 Å². The summed E-state index contributed by atoms with van der Waals surface area (Å²) in [5.41, 5.74) is 4.53. The average Bonchev–Trinajstić information content (AvgIpc) is 2.58. The number of aryl methyl sites for hydroxylation is 2. The van der Waals surface area contributed by atoms with Crippen LogP contribution in [0.3, 0.4) is 0 Å². The molecule has 0 radical (unpaired) electrons. The van der Waals surface area contributed by atoms with Crippen molar-refractivity contribution >= 4 is 21.6 Å². The molecule has 2 aromatic carbocycles. The largest absolute Gasteiger partial charge is 0.348 e. The van der Waals surface area contributed by atoms with Crippen molar-refractivity contribution in [1.82, 2.24) is 5.32 Å². The number of nitrogens with one attached hydrogen (secondary N) is 2. The van der Waals surface area contributed by atoms with Gasteiger partial charge < -0.3 is 5.32 Å². The van der Waals surface area contributed by atoms with Crippen LogP contribution in [0.5, 0.6) is 0 Å². The second-order valence-corrected chi connectivity index (χ2v) is 7.69. The third-order valence-corrected chi connectivity index (χ3v) is 4.56. The molecule has 0 aromatic heterocycles. The predicted octanol–water partition coefficient (Wildman–Crippen LogP) is 3.11. The van der Waals surface area contributed by atoms with Gasteiger partial charge in [-0.15, -0.1) is 0 Å². The number of anilines is 1. The summed E-state index contributed by atoms with van der Waals surface area (Å²) in [5.74, 6) is -0.185. The Labute approximate surface area is 149 Å². The first-order chi connectivity index (χ1) is 11.8. The van der Waals surface area contributed by atoms with Crippen LogP contribution in [0.1, 0.15) is 40.9 Å². The second kappa shape index (κ2) is 8.16. The van der Waals surface area contributed by atoms with E-state index in [1.54, 1.807) is 24.3 Å². The van der Waals surface area contributed by atoms with Gasteiger partial charge >= 0.3 is 0 Å². The van der Waals surface area contributed by atoms with Gasteiger partial charge in [-0.25, -0.2) is 8.42 Å². The molecule has 1 amide bonds. The Balaban J connectivity index is 2.05. The van der Waals surface area contributed by atoms with E-state index in [-0.39, 0.29) is 5.91 Å². The second-order valence-electron chi connectivity index (χ2n) is 5.94. The Bertz CT molecular complexity index is 843. The van der Waals surface area contributed by atoms with Crippen molar-refractivity contribution in [2.24, 2.45) is 0 Å². The van der Waals surface area contributed by atoms with Crippen LogP contribution >= 0.6 is 0 Å². The van der Waals surface area contributed by atoms with Crippen LogP contribution in [-0.2, 0) is 29.4 Å². The molecule has 134 valence electrons. The highest BCUT2D eigenvalue weighted by molar-refractivity contribution is 7.92. The first-order valence-corrected chi connectivity index (χ1v) is 10.2. The third kappa shape index (κ3) is 5.60. The maximum absolute atomic E-state index is 12.3. The monoisotopic (exact) mass is 360 g/mol. The molecular weight excluding hydrogens is 336 g/mol. The first kappa shape index (κ1) is 19.0. The fourth-order valence-electron chi connectivity index (χ4n) is 2.59. The molecule has 2 aromatic rings. The molecule has 0 bridgehead atoms. The van der Waals surface area contributed by atoms with Gasteiger partial charge in [-0.2, -0.15) is 0 Å². The number of carbonyl (C=O) groups is 1. The summed E-state index contributed by atoms with van der Waals surface area (Å²) in [6.07, 6.45) is 2.96. The quantitative estimate of drug-likeness (QED) is 0.797. The average molecular weight is 360 g/mol. The normalized spacial score (nSPS) is 11.2. The van der Waals surface area contributed by atoms with Gasteiger partial charge in [0.25, 0.3) is 5.91 Å². The number of benzene rings is 2. The molecule has 0 heterocycles. The molecule has 25 heavy (non-hydrogen) atoms. The van der Waals surface area contributed by atoms with E-state index in [0.29, 0.717) is 17.8 Å². The van der Waals surface area contributed by atoms with Crippen molar-refractivity contribution in [1.29, 1.82) is 0 Å². The molecular formula is C19H24N2O3S. The zero-order valence-corrected chi connectivity index (χ0v) is 15.6. The summed E-state index contributed by atoms with van der Waals surface area (Å²) >= 11 is 0. The molecule has 6 heteroatoms. The van der Waals surface area contributed by atoms with Crippen molar-refractivity contribution in [3.05, 3.63) is 64.7 Å². The van der Waals surface area contributed by atoms with E-state index in [1.807, 2.05) is 0 Å². The van der Waals surface area contributed by atoms with Gasteiger partial charge in [0.2, 0.25) is 10.0 Å². The van der Waals surface area contributed by atoms with Crippen LogP contribution in [0.4, 0.5) is 5.69 Å². The van der Waals surface area contributed by atoms with Gasteiger partial charge in [-0.1, -0.05) is 32.0 Å². The lowest BCUT2D eigenvalue weighted by Gasteiger charge is -2.12. The molecule has 2 rings (SSSR count).